The summed E-state index contributed by atoms with van der Waals surface area (Å²) < 4.78 is 22.8. The highest BCUT2D eigenvalue weighted by molar-refractivity contribution is 7.91. The summed E-state index contributed by atoms with van der Waals surface area (Å²) in [6.45, 7) is 1.72. The van der Waals surface area contributed by atoms with Gasteiger partial charge in [-0.2, -0.15) is 0 Å². The minimum atomic E-state index is -2.77. The third-order valence-corrected chi connectivity index (χ3v) is 6.47. The highest BCUT2D eigenvalue weighted by atomic mass is 32.2. The molecule has 114 valence electrons. The molecule has 3 fully saturated rings. The summed E-state index contributed by atoms with van der Waals surface area (Å²) in [5, 5.41) is 3.60. The Kier molecular flexibility index (Phi) is 4.04. The lowest BCUT2D eigenvalue weighted by molar-refractivity contribution is -0.133. The SMILES string of the molecule is O=C(C1CC1)N1CCC(NC2CCS(=O)(=O)CC2)CC1. The van der Waals surface area contributed by atoms with Crippen LogP contribution < -0.4 is 5.32 Å². The van der Waals surface area contributed by atoms with Crippen molar-refractivity contribution in [3.63, 3.8) is 0 Å². The van der Waals surface area contributed by atoms with E-state index in [1.54, 1.807) is 0 Å². The largest absolute Gasteiger partial charge is 0.342 e. The molecule has 0 aromatic rings. The van der Waals surface area contributed by atoms with Crippen molar-refractivity contribution in [2.45, 2.75) is 50.6 Å². The first-order chi connectivity index (χ1) is 9.53. The first kappa shape index (κ1) is 14.3. The number of amides is 1. The van der Waals surface area contributed by atoms with Crippen molar-refractivity contribution in [3.05, 3.63) is 0 Å². The smallest absolute Gasteiger partial charge is 0.225 e. The second kappa shape index (κ2) is 5.64. The van der Waals surface area contributed by atoms with Crippen molar-refractivity contribution in [2.75, 3.05) is 24.6 Å². The van der Waals surface area contributed by atoms with Gasteiger partial charge >= 0.3 is 0 Å². The molecule has 0 aromatic heterocycles. The number of hydrogen-bond donors (Lipinski definition) is 1. The van der Waals surface area contributed by atoms with Gasteiger partial charge in [0.2, 0.25) is 5.91 Å². The zero-order valence-corrected chi connectivity index (χ0v) is 12.7. The molecule has 0 radical (unpaired) electrons. The van der Waals surface area contributed by atoms with Crippen LogP contribution in [0.5, 0.6) is 0 Å². The van der Waals surface area contributed by atoms with Crippen LogP contribution in [0.3, 0.4) is 0 Å². The van der Waals surface area contributed by atoms with Crippen molar-refractivity contribution >= 4 is 15.7 Å². The topological polar surface area (TPSA) is 66.5 Å². The number of nitrogens with one attached hydrogen (secondary N) is 1. The van der Waals surface area contributed by atoms with E-state index in [2.05, 4.69) is 5.32 Å². The van der Waals surface area contributed by atoms with Gasteiger partial charge in [0.05, 0.1) is 11.5 Å². The molecule has 0 unspecified atom stereocenters. The molecule has 0 bridgehead atoms. The van der Waals surface area contributed by atoms with Gasteiger partial charge in [0.1, 0.15) is 9.84 Å². The van der Waals surface area contributed by atoms with Gasteiger partial charge in [0.15, 0.2) is 0 Å². The van der Waals surface area contributed by atoms with Gasteiger partial charge in [-0.15, -0.1) is 0 Å². The quantitative estimate of drug-likeness (QED) is 0.827. The predicted molar refractivity (Wildman–Crippen MR) is 77.1 cm³/mol. The molecule has 3 rings (SSSR count). The Labute approximate surface area is 121 Å². The number of hydrogen-bond acceptors (Lipinski definition) is 4. The van der Waals surface area contributed by atoms with Crippen molar-refractivity contribution in [3.8, 4) is 0 Å². The highest BCUT2D eigenvalue weighted by Crippen LogP contribution is 2.32. The summed E-state index contributed by atoms with van der Waals surface area (Å²) in [5.74, 6) is 1.32. The Morgan fingerprint density at radius 2 is 1.45 bits per heavy atom. The average Bonchev–Trinajstić information content (AvgIpc) is 3.26. The minimum absolute atomic E-state index is 0.322. The van der Waals surface area contributed by atoms with Crippen LogP contribution in [0.25, 0.3) is 0 Å². The monoisotopic (exact) mass is 300 g/mol. The summed E-state index contributed by atoms with van der Waals surface area (Å²) in [5.41, 5.74) is 0. The van der Waals surface area contributed by atoms with E-state index in [0.29, 0.717) is 35.4 Å². The maximum atomic E-state index is 12.0. The zero-order chi connectivity index (χ0) is 14.2. The lowest BCUT2D eigenvalue weighted by Gasteiger charge is -2.35. The van der Waals surface area contributed by atoms with Crippen LogP contribution in [0.1, 0.15) is 38.5 Å². The average molecular weight is 300 g/mol. The number of piperidine rings is 1. The van der Waals surface area contributed by atoms with Crippen LogP contribution in [0.15, 0.2) is 0 Å². The van der Waals surface area contributed by atoms with Gasteiger partial charge in [0, 0.05) is 31.1 Å². The number of nitrogens with zero attached hydrogens (tertiary/aromatic N) is 1. The van der Waals surface area contributed by atoms with Gasteiger partial charge in [-0.1, -0.05) is 0 Å². The molecular formula is C14H24N2O3S. The summed E-state index contributed by atoms with van der Waals surface area (Å²) in [4.78, 5) is 14.0. The molecular weight excluding hydrogens is 276 g/mol. The molecule has 2 heterocycles. The van der Waals surface area contributed by atoms with E-state index < -0.39 is 9.84 Å². The molecule has 1 aliphatic carbocycles. The molecule has 1 saturated carbocycles. The van der Waals surface area contributed by atoms with E-state index in [1.165, 1.54) is 0 Å². The van der Waals surface area contributed by atoms with E-state index in [1.807, 2.05) is 4.90 Å². The summed E-state index contributed by atoms with van der Waals surface area (Å²) in [7, 11) is -2.77. The molecule has 0 aromatic carbocycles. The molecule has 5 nitrogen and oxygen atoms in total. The molecule has 0 atom stereocenters. The fraction of sp³-hybridized carbons (Fsp3) is 0.929. The number of rotatable bonds is 3. The molecule has 20 heavy (non-hydrogen) atoms. The van der Waals surface area contributed by atoms with Crippen LogP contribution in [0.4, 0.5) is 0 Å². The fourth-order valence-corrected chi connectivity index (χ4v) is 4.74. The second-order valence-corrected chi connectivity index (χ2v) is 8.77. The van der Waals surface area contributed by atoms with Gasteiger partial charge in [-0.25, -0.2) is 8.42 Å². The molecule has 3 aliphatic rings. The zero-order valence-electron chi connectivity index (χ0n) is 11.9. The molecule has 0 spiro atoms. The summed E-state index contributed by atoms with van der Waals surface area (Å²) in [6.07, 6.45) is 5.64. The molecule has 2 aliphatic heterocycles. The third kappa shape index (κ3) is 3.52. The first-order valence-corrected chi connectivity index (χ1v) is 9.61. The lowest BCUT2D eigenvalue weighted by Crippen LogP contribution is -2.49. The first-order valence-electron chi connectivity index (χ1n) is 7.79. The van der Waals surface area contributed by atoms with Gasteiger partial charge in [-0.3, -0.25) is 4.79 Å². The number of likely N-dealkylation sites (tertiary alicyclic amines) is 1. The molecule has 2 saturated heterocycles. The van der Waals surface area contributed by atoms with Gasteiger partial charge in [0.25, 0.3) is 0 Å². The van der Waals surface area contributed by atoms with E-state index >= 15 is 0 Å². The van der Waals surface area contributed by atoms with Crippen molar-refractivity contribution in [2.24, 2.45) is 5.92 Å². The molecule has 6 heteroatoms. The van der Waals surface area contributed by atoms with Crippen LogP contribution >= 0.6 is 0 Å². The molecule has 1 amide bonds. The van der Waals surface area contributed by atoms with Crippen LogP contribution in [-0.2, 0) is 14.6 Å². The van der Waals surface area contributed by atoms with E-state index in [9.17, 15) is 13.2 Å². The normalized spacial score (nSPS) is 28.5. The lowest BCUT2D eigenvalue weighted by atomic mass is 10.0. The van der Waals surface area contributed by atoms with E-state index in [4.69, 9.17) is 0 Å². The summed E-state index contributed by atoms with van der Waals surface area (Å²) in [6, 6.07) is 0.790. The minimum Gasteiger partial charge on any atom is -0.342 e. The third-order valence-electron chi connectivity index (χ3n) is 4.76. The van der Waals surface area contributed by atoms with Crippen LogP contribution in [0.2, 0.25) is 0 Å². The Balaban J connectivity index is 1.41. The fourth-order valence-electron chi connectivity index (χ4n) is 3.25. The number of carbonyl (C=O) groups is 1. The number of sulfone groups is 1. The van der Waals surface area contributed by atoms with Crippen molar-refractivity contribution < 1.29 is 13.2 Å². The van der Waals surface area contributed by atoms with E-state index in [-0.39, 0.29) is 0 Å². The van der Waals surface area contributed by atoms with Crippen LogP contribution in [0, 0.1) is 5.92 Å². The molecule has 1 N–H and O–H groups in total. The summed E-state index contributed by atoms with van der Waals surface area (Å²) >= 11 is 0. The number of carbonyl (C=O) groups excluding carboxylic acids is 1. The van der Waals surface area contributed by atoms with Crippen molar-refractivity contribution in [1.82, 2.24) is 10.2 Å². The highest BCUT2D eigenvalue weighted by Gasteiger charge is 2.35. The Morgan fingerprint density at radius 3 is 2.00 bits per heavy atom. The Hall–Kier alpha value is -0.620. The second-order valence-electron chi connectivity index (χ2n) is 6.47. The Bertz CT molecular complexity index is 451. The van der Waals surface area contributed by atoms with E-state index in [0.717, 1.165) is 51.6 Å². The van der Waals surface area contributed by atoms with Crippen LogP contribution in [-0.4, -0.2) is 55.9 Å². The maximum Gasteiger partial charge on any atom is 0.225 e. The standard InChI is InChI=1S/C14H24N2O3S/c17-14(11-1-2-11)16-7-3-12(4-8-16)15-13-5-9-20(18,19)10-6-13/h11-13,15H,1-10H2. The maximum absolute atomic E-state index is 12.0. The van der Waals surface area contributed by atoms with Crippen molar-refractivity contribution in [1.29, 1.82) is 0 Å². The van der Waals surface area contributed by atoms with Gasteiger partial charge < -0.3 is 10.2 Å². The van der Waals surface area contributed by atoms with Gasteiger partial charge in [-0.05, 0) is 38.5 Å². The Morgan fingerprint density at radius 1 is 0.900 bits per heavy atom. The predicted octanol–water partition coefficient (Wildman–Crippen LogP) is 0.554.